The van der Waals surface area contributed by atoms with Crippen LogP contribution in [0.3, 0.4) is 0 Å². The molecule has 0 fully saturated rings. The van der Waals surface area contributed by atoms with Crippen molar-refractivity contribution in [2.45, 2.75) is 26.2 Å². The van der Waals surface area contributed by atoms with Crippen LogP contribution in [-0.4, -0.2) is 24.6 Å². The predicted octanol–water partition coefficient (Wildman–Crippen LogP) is 1.74. The van der Waals surface area contributed by atoms with Crippen LogP contribution in [0.15, 0.2) is 5.38 Å². The summed E-state index contributed by atoms with van der Waals surface area (Å²) in [5.74, 6) is 0.482. The quantitative estimate of drug-likeness (QED) is 0.823. The van der Waals surface area contributed by atoms with Gasteiger partial charge in [-0.3, -0.25) is 0 Å². The van der Waals surface area contributed by atoms with Crippen molar-refractivity contribution in [2.24, 2.45) is 0 Å². The molecule has 2 N–H and O–H groups in total. The molecule has 0 aliphatic rings. The lowest BCUT2D eigenvalue weighted by Gasteiger charge is -2.02. The van der Waals surface area contributed by atoms with Crippen LogP contribution in [0.25, 0.3) is 0 Å². The summed E-state index contributed by atoms with van der Waals surface area (Å²) < 4.78 is 0. The molecule has 1 rings (SSSR count). The molecule has 84 valence electrons. The number of aromatic nitrogens is 1. The van der Waals surface area contributed by atoms with Crippen molar-refractivity contribution < 1.29 is 4.79 Å². The molecule has 0 radical (unpaired) electrons. The standard InChI is InChI=1S/C10H17N3OS/c1-7(2)9-13-8(6-15-9)4-5-12-10(14)11-3/h6-7H,4-5H2,1-3H3,(H2,11,12,14). The topological polar surface area (TPSA) is 54.0 Å². The second-order valence-electron chi connectivity index (χ2n) is 3.59. The number of hydrogen-bond acceptors (Lipinski definition) is 3. The second-order valence-corrected chi connectivity index (χ2v) is 4.48. The number of carbonyl (C=O) groups is 1. The molecule has 4 nitrogen and oxygen atoms in total. The van der Waals surface area contributed by atoms with E-state index in [2.05, 4.69) is 34.8 Å². The van der Waals surface area contributed by atoms with Gasteiger partial charge in [-0.25, -0.2) is 9.78 Å². The third-order valence-corrected chi connectivity index (χ3v) is 3.15. The fourth-order valence-electron chi connectivity index (χ4n) is 1.10. The normalized spacial score (nSPS) is 10.4. The number of urea groups is 1. The monoisotopic (exact) mass is 227 g/mol. The summed E-state index contributed by atoms with van der Waals surface area (Å²) >= 11 is 1.68. The van der Waals surface area contributed by atoms with Crippen LogP contribution in [0.2, 0.25) is 0 Å². The number of nitrogens with zero attached hydrogens (tertiary/aromatic N) is 1. The molecule has 0 saturated carbocycles. The molecule has 1 heterocycles. The van der Waals surface area contributed by atoms with Crippen LogP contribution in [0.4, 0.5) is 4.79 Å². The fraction of sp³-hybridized carbons (Fsp3) is 0.600. The zero-order valence-electron chi connectivity index (χ0n) is 9.33. The van der Waals surface area contributed by atoms with E-state index >= 15 is 0 Å². The van der Waals surface area contributed by atoms with E-state index in [1.165, 1.54) is 0 Å². The van der Waals surface area contributed by atoms with Gasteiger partial charge in [0.15, 0.2) is 0 Å². The van der Waals surface area contributed by atoms with Crippen molar-refractivity contribution in [1.29, 1.82) is 0 Å². The molecule has 5 heteroatoms. The third-order valence-electron chi connectivity index (χ3n) is 1.96. The van der Waals surface area contributed by atoms with Gasteiger partial charge in [0, 0.05) is 31.3 Å². The molecule has 0 atom stereocenters. The summed E-state index contributed by atoms with van der Waals surface area (Å²) in [5, 5.41) is 8.45. The van der Waals surface area contributed by atoms with E-state index in [1.54, 1.807) is 18.4 Å². The molecule has 0 spiro atoms. The van der Waals surface area contributed by atoms with Gasteiger partial charge in [0.2, 0.25) is 0 Å². The molecule has 15 heavy (non-hydrogen) atoms. The van der Waals surface area contributed by atoms with E-state index in [9.17, 15) is 4.79 Å². The zero-order valence-corrected chi connectivity index (χ0v) is 10.1. The highest BCUT2D eigenvalue weighted by Gasteiger charge is 2.05. The molecule has 1 aromatic heterocycles. The minimum atomic E-state index is -0.144. The number of rotatable bonds is 4. The number of carbonyl (C=O) groups excluding carboxylic acids is 1. The molecule has 0 aliphatic carbocycles. The van der Waals surface area contributed by atoms with Crippen molar-refractivity contribution in [3.05, 3.63) is 16.1 Å². The van der Waals surface area contributed by atoms with E-state index < -0.39 is 0 Å². The van der Waals surface area contributed by atoms with Crippen molar-refractivity contribution >= 4 is 17.4 Å². The van der Waals surface area contributed by atoms with Gasteiger partial charge >= 0.3 is 6.03 Å². The van der Waals surface area contributed by atoms with E-state index in [0.29, 0.717) is 12.5 Å². The molecule has 0 aromatic carbocycles. The smallest absolute Gasteiger partial charge is 0.314 e. The Morgan fingerprint density at radius 1 is 1.60 bits per heavy atom. The first kappa shape index (κ1) is 12.0. The Hall–Kier alpha value is -1.10. The average Bonchev–Trinajstić information content (AvgIpc) is 2.66. The SMILES string of the molecule is CNC(=O)NCCc1csc(C(C)C)n1. The van der Waals surface area contributed by atoms with Gasteiger partial charge in [-0.15, -0.1) is 11.3 Å². The summed E-state index contributed by atoms with van der Waals surface area (Å²) in [6.45, 7) is 4.89. The van der Waals surface area contributed by atoms with Gasteiger partial charge in [0.25, 0.3) is 0 Å². The predicted molar refractivity (Wildman–Crippen MR) is 62.4 cm³/mol. The lowest BCUT2D eigenvalue weighted by Crippen LogP contribution is -2.34. The van der Waals surface area contributed by atoms with E-state index in [-0.39, 0.29) is 6.03 Å². The minimum absolute atomic E-state index is 0.144. The first-order valence-electron chi connectivity index (χ1n) is 5.03. The summed E-state index contributed by atoms with van der Waals surface area (Å²) in [6.07, 6.45) is 0.788. The Bertz CT molecular complexity index is 322. The number of hydrogen-bond donors (Lipinski definition) is 2. The lowest BCUT2D eigenvalue weighted by atomic mass is 10.2. The lowest BCUT2D eigenvalue weighted by molar-refractivity contribution is 0.243. The fourth-order valence-corrected chi connectivity index (χ4v) is 1.96. The zero-order chi connectivity index (χ0) is 11.3. The first-order chi connectivity index (χ1) is 7.13. The van der Waals surface area contributed by atoms with Crippen LogP contribution in [0.5, 0.6) is 0 Å². The van der Waals surface area contributed by atoms with Crippen molar-refractivity contribution in [2.75, 3.05) is 13.6 Å². The van der Waals surface area contributed by atoms with Gasteiger partial charge in [-0.1, -0.05) is 13.8 Å². The summed E-state index contributed by atoms with van der Waals surface area (Å²) in [5.41, 5.74) is 1.06. The van der Waals surface area contributed by atoms with Crippen LogP contribution < -0.4 is 10.6 Å². The van der Waals surface area contributed by atoms with E-state index in [1.807, 2.05) is 0 Å². The van der Waals surface area contributed by atoms with Gasteiger partial charge < -0.3 is 10.6 Å². The maximum atomic E-state index is 10.9. The van der Waals surface area contributed by atoms with E-state index in [4.69, 9.17) is 0 Å². The Morgan fingerprint density at radius 2 is 2.33 bits per heavy atom. The minimum Gasteiger partial charge on any atom is -0.341 e. The molecular formula is C10H17N3OS. The van der Waals surface area contributed by atoms with Crippen LogP contribution >= 0.6 is 11.3 Å². The number of amides is 2. The highest BCUT2D eigenvalue weighted by Crippen LogP contribution is 2.19. The molecular weight excluding hydrogens is 210 g/mol. The molecule has 0 aliphatic heterocycles. The van der Waals surface area contributed by atoms with E-state index in [0.717, 1.165) is 17.1 Å². The summed E-state index contributed by atoms with van der Waals surface area (Å²) in [6, 6.07) is -0.144. The highest BCUT2D eigenvalue weighted by atomic mass is 32.1. The molecule has 0 unspecified atom stereocenters. The number of thiazole rings is 1. The van der Waals surface area contributed by atoms with Gasteiger partial charge in [0.05, 0.1) is 10.7 Å². The first-order valence-corrected chi connectivity index (χ1v) is 5.91. The molecule has 0 bridgehead atoms. The van der Waals surface area contributed by atoms with Gasteiger partial charge in [0.1, 0.15) is 0 Å². The molecule has 2 amide bonds. The van der Waals surface area contributed by atoms with Crippen LogP contribution in [-0.2, 0) is 6.42 Å². The Balaban J connectivity index is 2.34. The third kappa shape index (κ3) is 3.87. The maximum Gasteiger partial charge on any atom is 0.314 e. The van der Waals surface area contributed by atoms with Crippen LogP contribution in [0.1, 0.15) is 30.5 Å². The largest absolute Gasteiger partial charge is 0.341 e. The van der Waals surface area contributed by atoms with Crippen molar-refractivity contribution in [3.63, 3.8) is 0 Å². The summed E-state index contributed by atoms with van der Waals surface area (Å²) in [4.78, 5) is 15.4. The van der Waals surface area contributed by atoms with Crippen molar-refractivity contribution in [1.82, 2.24) is 15.6 Å². The molecule has 1 aromatic rings. The Labute approximate surface area is 94.1 Å². The highest BCUT2D eigenvalue weighted by molar-refractivity contribution is 7.09. The number of nitrogens with one attached hydrogen (secondary N) is 2. The maximum absolute atomic E-state index is 10.9. The van der Waals surface area contributed by atoms with Gasteiger partial charge in [-0.2, -0.15) is 0 Å². The average molecular weight is 227 g/mol. The summed E-state index contributed by atoms with van der Waals surface area (Å²) in [7, 11) is 1.61. The molecule has 0 saturated heterocycles. The Kier molecular flexibility index (Phi) is 4.55. The second kappa shape index (κ2) is 5.70. The van der Waals surface area contributed by atoms with Crippen LogP contribution in [0, 0.1) is 0 Å². The van der Waals surface area contributed by atoms with Crippen molar-refractivity contribution in [3.8, 4) is 0 Å². The van der Waals surface area contributed by atoms with Gasteiger partial charge in [-0.05, 0) is 0 Å². The Morgan fingerprint density at radius 3 is 2.87 bits per heavy atom.